The Labute approximate surface area is 157 Å². The van der Waals surface area contributed by atoms with Crippen LogP contribution in [0.4, 0.5) is 0 Å². The maximum atomic E-state index is 6.31. The number of hydrogen-bond acceptors (Lipinski definition) is 1. The SMILES string of the molecule is C[Si](C)(C)OC(Cc1ccccc1)C1=[C-]CC=C1.[Cl-].[Cl-].[Ti+3]. The minimum Gasteiger partial charge on any atom is -1.00 e. The van der Waals surface area contributed by atoms with E-state index in [9.17, 15) is 0 Å². The van der Waals surface area contributed by atoms with Gasteiger partial charge in [-0.15, -0.1) is 6.42 Å². The minimum absolute atomic E-state index is 0. The van der Waals surface area contributed by atoms with E-state index in [0.29, 0.717) is 0 Å². The molecule has 0 amide bonds. The Morgan fingerprint density at radius 1 is 1.14 bits per heavy atom. The van der Waals surface area contributed by atoms with Crippen LogP contribution in [-0.4, -0.2) is 14.4 Å². The first kappa shape index (κ1) is 23.4. The molecule has 0 fully saturated rings. The van der Waals surface area contributed by atoms with Crippen LogP contribution in [0.3, 0.4) is 0 Å². The summed E-state index contributed by atoms with van der Waals surface area (Å²) in [7, 11) is -1.54. The topological polar surface area (TPSA) is 9.23 Å². The molecule has 0 saturated carbocycles. The van der Waals surface area contributed by atoms with Crippen molar-refractivity contribution in [3.05, 3.63) is 59.7 Å². The predicted molar refractivity (Wildman–Crippen MR) is 78.9 cm³/mol. The first-order valence-corrected chi connectivity index (χ1v) is 9.94. The second kappa shape index (κ2) is 10.8. The number of halogens is 2. The largest absolute Gasteiger partial charge is 3.00 e. The van der Waals surface area contributed by atoms with E-state index >= 15 is 0 Å². The Balaban J connectivity index is 0. The van der Waals surface area contributed by atoms with E-state index in [2.05, 4.69) is 68.2 Å². The molecular weight excluding hydrogens is 355 g/mol. The van der Waals surface area contributed by atoms with Crippen molar-refractivity contribution in [2.75, 3.05) is 0 Å². The van der Waals surface area contributed by atoms with Gasteiger partial charge in [0.15, 0.2) is 8.32 Å². The molecule has 113 valence electrons. The fraction of sp³-hybridized carbons (Fsp3) is 0.375. The van der Waals surface area contributed by atoms with Crippen LogP contribution < -0.4 is 24.8 Å². The summed E-state index contributed by atoms with van der Waals surface area (Å²) in [5.74, 6) is 0. The van der Waals surface area contributed by atoms with Crippen LogP contribution in [0.15, 0.2) is 48.1 Å². The second-order valence-electron chi connectivity index (χ2n) is 5.65. The second-order valence-corrected chi connectivity index (χ2v) is 10.1. The molecule has 0 saturated heterocycles. The van der Waals surface area contributed by atoms with E-state index in [-0.39, 0.29) is 52.6 Å². The minimum atomic E-state index is -1.54. The molecule has 0 heterocycles. The van der Waals surface area contributed by atoms with Gasteiger partial charge in [0.05, 0.1) is 0 Å². The van der Waals surface area contributed by atoms with Crippen molar-refractivity contribution >= 4 is 8.32 Å². The number of hydrogen-bond donors (Lipinski definition) is 0. The van der Waals surface area contributed by atoms with E-state index < -0.39 is 8.32 Å². The Bertz CT molecular complexity index is 455. The number of allylic oxidation sites excluding steroid dienone is 2. The van der Waals surface area contributed by atoms with Crippen LogP contribution in [0.5, 0.6) is 0 Å². The molecule has 5 heteroatoms. The number of benzene rings is 1. The average molecular weight is 376 g/mol. The van der Waals surface area contributed by atoms with Crippen LogP contribution in [0.2, 0.25) is 19.6 Å². The predicted octanol–water partition coefficient (Wildman–Crippen LogP) is -1.86. The molecule has 1 aliphatic rings. The maximum absolute atomic E-state index is 6.31. The monoisotopic (exact) mass is 375 g/mol. The van der Waals surface area contributed by atoms with Crippen molar-refractivity contribution in [2.24, 2.45) is 0 Å². The van der Waals surface area contributed by atoms with E-state index in [4.69, 9.17) is 4.43 Å². The molecule has 1 atom stereocenters. The van der Waals surface area contributed by atoms with Crippen molar-refractivity contribution in [3.8, 4) is 0 Å². The zero-order valence-corrected chi connectivity index (χ0v) is 16.8. The first-order valence-electron chi connectivity index (χ1n) is 6.53. The summed E-state index contributed by atoms with van der Waals surface area (Å²) >= 11 is 0. The fourth-order valence-electron chi connectivity index (χ4n) is 2.11. The maximum Gasteiger partial charge on any atom is 3.00 e. The van der Waals surface area contributed by atoms with Gasteiger partial charge in [0.2, 0.25) is 0 Å². The van der Waals surface area contributed by atoms with Crippen molar-refractivity contribution in [1.82, 2.24) is 0 Å². The van der Waals surface area contributed by atoms with Crippen molar-refractivity contribution in [2.45, 2.75) is 38.6 Å². The standard InChI is InChI=1S/C16H21OSi.2ClH.Ti/c1-18(2,3)17-16(15-11-7-8-12-15)13-14-9-5-4-6-10-14;;;/h4-7,9-11,16H,8,13H2,1-3H3;2*1H;/q-1;;;+3/p-2. The Morgan fingerprint density at radius 3 is 2.24 bits per heavy atom. The molecule has 1 nitrogen and oxygen atoms in total. The first-order chi connectivity index (χ1) is 8.54. The van der Waals surface area contributed by atoms with Gasteiger partial charge in [-0.2, -0.15) is 11.6 Å². The summed E-state index contributed by atoms with van der Waals surface area (Å²) < 4.78 is 6.31. The van der Waals surface area contributed by atoms with E-state index in [1.807, 2.05) is 0 Å². The Hall–Kier alpha value is 0.171. The zero-order valence-electron chi connectivity index (χ0n) is 12.7. The Kier molecular flexibility index (Phi) is 12.1. The fourth-order valence-corrected chi connectivity index (χ4v) is 3.18. The molecule has 1 aromatic carbocycles. The van der Waals surface area contributed by atoms with Crippen molar-refractivity contribution in [3.63, 3.8) is 0 Å². The van der Waals surface area contributed by atoms with E-state index in [1.165, 1.54) is 11.1 Å². The van der Waals surface area contributed by atoms with E-state index in [0.717, 1.165) is 12.8 Å². The summed E-state index contributed by atoms with van der Waals surface area (Å²) in [5, 5.41) is 0. The molecule has 21 heavy (non-hydrogen) atoms. The van der Waals surface area contributed by atoms with E-state index in [1.54, 1.807) is 0 Å². The van der Waals surface area contributed by atoms with Crippen molar-refractivity contribution < 1.29 is 51.0 Å². The van der Waals surface area contributed by atoms with Gasteiger partial charge in [-0.05, 0) is 31.6 Å². The summed E-state index contributed by atoms with van der Waals surface area (Å²) in [6.45, 7) is 6.72. The molecule has 0 spiro atoms. The van der Waals surface area contributed by atoms with Crippen molar-refractivity contribution in [1.29, 1.82) is 0 Å². The third kappa shape index (κ3) is 8.39. The molecule has 0 aromatic heterocycles. The molecule has 1 unspecified atom stereocenters. The molecule has 1 radical (unpaired) electrons. The third-order valence-electron chi connectivity index (χ3n) is 2.83. The van der Waals surface area contributed by atoms with Gasteiger partial charge in [0.25, 0.3) is 0 Å². The van der Waals surface area contributed by atoms with Crippen LogP contribution in [0.1, 0.15) is 12.0 Å². The van der Waals surface area contributed by atoms with Crippen LogP contribution in [0, 0.1) is 6.08 Å². The molecule has 2 rings (SSSR count). The van der Waals surface area contributed by atoms with Gasteiger partial charge in [0, 0.05) is 6.10 Å². The molecule has 0 aliphatic heterocycles. The summed E-state index contributed by atoms with van der Waals surface area (Å²) in [5.41, 5.74) is 2.55. The van der Waals surface area contributed by atoms with Gasteiger partial charge in [-0.25, -0.2) is 6.08 Å². The van der Waals surface area contributed by atoms with Gasteiger partial charge in [0.1, 0.15) is 0 Å². The zero-order chi connectivity index (χ0) is 13.0. The molecule has 0 bridgehead atoms. The third-order valence-corrected chi connectivity index (χ3v) is 3.82. The van der Waals surface area contributed by atoms with Crippen LogP contribution in [0.25, 0.3) is 0 Å². The average Bonchev–Trinajstić information content (AvgIpc) is 2.81. The van der Waals surface area contributed by atoms with Gasteiger partial charge in [-0.1, -0.05) is 30.3 Å². The molecular formula is C16H21Cl2OSiTi. The Morgan fingerprint density at radius 2 is 1.76 bits per heavy atom. The van der Waals surface area contributed by atoms with Gasteiger partial charge < -0.3 is 29.2 Å². The van der Waals surface area contributed by atoms with Gasteiger partial charge in [-0.3, -0.25) is 6.08 Å². The summed E-state index contributed by atoms with van der Waals surface area (Å²) in [6, 6.07) is 10.6. The molecule has 1 aromatic rings. The molecule has 1 aliphatic carbocycles. The molecule has 0 N–H and O–H groups in total. The smallest absolute Gasteiger partial charge is 1.00 e. The van der Waals surface area contributed by atoms with Gasteiger partial charge >= 0.3 is 21.7 Å². The van der Waals surface area contributed by atoms with Crippen LogP contribution >= 0.6 is 0 Å². The summed E-state index contributed by atoms with van der Waals surface area (Å²) in [6.07, 6.45) is 9.75. The summed E-state index contributed by atoms with van der Waals surface area (Å²) in [4.78, 5) is 0. The quantitative estimate of drug-likeness (QED) is 0.433. The van der Waals surface area contributed by atoms with Crippen LogP contribution in [-0.2, 0) is 32.6 Å². The normalized spacial score (nSPS) is 14.3. The number of rotatable bonds is 5.